The van der Waals surface area contributed by atoms with E-state index in [-0.39, 0.29) is 35.4 Å². The molecule has 4 N–H and O–H groups in total. The number of benzene rings is 1. The highest BCUT2D eigenvalue weighted by Crippen LogP contribution is 2.41. The quantitative estimate of drug-likeness (QED) is 0.475. The molecular formula is C24H27F6N3O6. The lowest BCUT2D eigenvalue weighted by Crippen LogP contribution is -2.55. The minimum absolute atomic E-state index is 0.138. The van der Waals surface area contributed by atoms with Gasteiger partial charge in [-0.25, -0.2) is 9.59 Å². The van der Waals surface area contributed by atoms with Crippen LogP contribution in [0.1, 0.15) is 54.4 Å². The molecule has 216 valence electrons. The van der Waals surface area contributed by atoms with Crippen LogP contribution in [-0.2, 0) is 20.6 Å². The third-order valence-corrected chi connectivity index (χ3v) is 7.32. The number of likely N-dealkylation sites (tertiary alicyclic amines) is 1. The number of fused-ring (bicyclic) bond motifs is 2. The van der Waals surface area contributed by atoms with Crippen molar-refractivity contribution in [3.05, 3.63) is 35.4 Å². The predicted molar refractivity (Wildman–Crippen MR) is 121 cm³/mol. The average molecular weight is 567 g/mol. The molecular weight excluding hydrogens is 540 g/mol. The van der Waals surface area contributed by atoms with Gasteiger partial charge in [-0.1, -0.05) is 0 Å². The zero-order valence-electron chi connectivity index (χ0n) is 20.4. The fourth-order valence-electron chi connectivity index (χ4n) is 5.48. The second kappa shape index (κ2) is 11.4. The molecule has 1 aromatic rings. The number of hydrogen-bond donors (Lipinski definition) is 3. The Labute approximate surface area is 218 Å². The van der Waals surface area contributed by atoms with Crippen LogP contribution in [0, 0.1) is 5.92 Å². The molecule has 4 atom stereocenters. The van der Waals surface area contributed by atoms with E-state index in [4.69, 9.17) is 15.6 Å². The molecule has 2 amide bonds. The van der Waals surface area contributed by atoms with Gasteiger partial charge in [0.15, 0.2) is 0 Å². The number of piperidine rings is 1. The number of halogens is 6. The first-order chi connectivity index (χ1) is 18.0. The van der Waals surface area contributed by atoms with Crippen LogP contribution in [0.4, 0.5) is 26.3 Å². The van der Waals surface area contributed by atoms with Crippen molar-refractivity contribution in [1.82, 2.24) is 9.80 Å². The first-order valence-corrected chi connectivity index (χ1v) is 12.1. The van der Waals surface area contributed by atoms with E-state index >= 15 is 0 Å². The molecule has 3 saturated heterocycles. The third kappa shape index (κ3) is 6.81. The van der Waals surface area contributed by atoms with E-state index in [0.717, 1.165) is 25.0 Å². The number of carboxylic acid groups (broad SMARTS) is 2. The zero-order chi connectivity index (χ0) is 29.3. The van der Waals surface area contributed by atoms with Crippen molar-refractivity contribution in [2.24, 2.45) is 11.7 Å². The molecule has 0 radical (unpaired) electrons. The summed E-state index contributed by atoms with van der Waals surface area (Å²) in [6.07, 6.45) is -5.98. The number of carboxylic acids is 2. The van der Waals surface area contributed by atoms with Gasteiger partial charge in [0.1, 0.15) is 6.04 Å². The van der Waals surface area contributed by atoms with Gasteiger partial charge in [-0.2, -0.15) is 26.3 Å². The van der Waals surface area contributed by atoms with Crippen LogP contribution in [0.2, 0.25) is 0 Å². The molecule has 3 aliphatic rings. The van der Waals surface area contributed by atoms with E-state index < -0.39 is 41.9 Å². The number of alkyl halides is 6. The van der Waals surface area contributed by atoms with Crippen LogP contribution in [0.25, 0.3) is 0 Å². The van der Waals surface area contributed by atoms with Gasteiger partial charge in [0.05, 0.1) is 11.6 Å². The van der Waals surface area contributed by atoms with Crippen molar-refractivity contribution in [1.29, 1.82) is 0 Å². The Morgan fingerprint density at radius 3 is 1.85 bits per heavy atom. The smallest absolute Gasteiger partial charge is 0.480 e. The normalized spacial score (nSPS) is 25.5. The Kier molecular flexibility index (Phi) is 8.82. The number of nitrogens with zero attached hydrogens (tertiary/aromatic N) is 2. The molecule has 15 heteroatoms. The average Bonchev–Trinajstić information content (AvgIpc) is 3.44. The van der Waals surface area contributed by atoms with E-state index in [0.29, 0.717) is 32.2 Å². The number of carbonyl (C=O) groups is 4. The summed E-state index contributed by atoms with van der Waals surface area (Å²) in [6.45, 7) is 0.377. The SMILES string of the molecule is N[C@H](C(=O)N1CCC[C@H]1C(=O)O)C1CC2CCC(C1)N2C(=O)c1ccc(C(F)(F)F)cc1.O=C(O)C(F)(F)F. The summed E-state index contributed by atoms with van der Waals surface area (Å²) in [6, 6.07) is 2.27. The Morgan fingerprint density at radius 1 is 0.897 bits per heavy atom. The topological polar surface area (TPSA) is 141 Å². The van der Waals surface area contributed by atoms with Gasteiger partial charge < -0.3 is 25.7 Å². The zero-order valence-corrected chi connectivity index (χ0v) is 20.4. The second-order valence-electron chi connectivity index (χ2n) is 9.76. The Bertz CT molecular complexity index is 1080. The summed E-state index contributed by atoms with van der Waals surface area (Å²) < 4.78 is 70.1. The van der Waals surface area contributed by atoms with Gasteiger partial charge >= 0.3 is 24.3 Å². The maximum atomic E-state index is 13.0. The van der Waals surface area contributed by atoms with Crippen molar-refractivity contribution in [2.45, 2.75) is 75.0 Å². The van der Waals surface area contributed by atoms with Crippen LogP contribution < -0.4 is 5.73 Å². The van der Waals surface area contributed by atoms with E-state index in [1.54, 1.807) is 4.90 Å². The molecule has 3 fully saturated rings. The molecule has 1 aromatic carbocycles. The van der Waals surface area contributed by atoms with Gasteiger partial charge in [0.2, 0.25) is 5.91 Å². The predicted octanol–water partition coefficient (Wildman–Crippen LogP) is 3.12. The summed E-state index contributed by atoms with van der Waals surface area (Å²) >= 11 is 0. The van der Waals surface area contributed by atoms with Crippen molar-refractivity contribution < 1.29 is 55.7 Å². The molecule has 3 heterocycles. The monoisotopic (exact) mass is 567 g/mol. The summed E-state index contributed by atoms with van der Waals surface area (Å²) in [5, 5.41) is 16.5. The first kappa shape index (κ1) is 30.2. The molecule has 0 saturated carbocycles. The number of carbonyl (C=O) groups excluding carboxylic acids is 2. The van der Waals surface area contributed by atoms with Crippen LogP contribution >= 0.6 is 0 Å². The molecule has 4 rings (SSSR count). The Morgan fingerprint density at radius 2 is 1.41 bits per heavy atom. The van der Waals surface area contributed by atoms with Gasteiger partial charge in [0, 0.05) is 24.2 Å². The lowest BCUT2D eigenvalue weighted by molar-refractivity contribution is -0.192. The summed E-state index contributed by atoms with van der Waals surface area (Å²) in [4.78, 5) is 49.3. The van der Waals surface area contributed by atoms with Crippen molar-refractivity contribution in [2.75, 3.05) is 6.54 Å². The van der Waals surface area contributed by atoms with Crippen molar-refractivity contribution >= 4 is 23.8 Å². The molecule has 0 aliphatic carbocycles. The highest BCUT2D eigenvalue weighted by atomic mass is 19.4. The fourth-order valence-corrected chi connectivity index (χ4v) is 5.48. The van der Waals surface area contributed by atoms with Crippen LogP contribution in [0.3, 0.4) is 0 Å². The summed E-state index contributed by atoms with van der Waals surface area (Å²) in [5.41, 5.74) is 5.68. The molecule has 2 unspecified atom stereocenters. The van der Waals surface area contributed by atoms with Gasteiger partial charge in [-0.3, -0.25) is 9.59 Å². The fraction of sp³-hybridized carbons (Fsp3) is 0.583. The lowest BCUT2D eigenvalue weighted by atomic mass is 9.84. The van der Waals surface area contributed by atoms with E-state index in [9.17, 15) is 45.8 Å². The maximum absolute atomic E-state index is 13.0. The number of hydrogen-bond acceptors (Lipinski definition) is 5. The highest BCUT2D eigenvalue weighted by molar-refractivity contribution is 5.95. The largest absolute Gasteiger partial charge is 0.490 e. The first-order valence-electron chi connectivity index (χ1n) is 12.1. The molecule has 0 aromatic heterocycles. The van der Waals surface area contributed by atoms with Crippen LogP contribution in [-0.4, -0.2) is 80.7 Å². The van der Waals surface area contributed by atoms with E-state index in [1.807, 2.05) is 0 Å². The van der Waals surface area contributed by atoms with Gasteiger partial charge in [-0.05, 0) is 68.7 Å². The second-order valence-corrected chi connectivity index (χ2v) is 9.76. The van der Waals surface area contributed by atoms with E-state index in [2.05, 4.69) is 0 Å². The van der Waals surface area contributed by atoms with E-state index in [1.165, 1.54) is 17.0 Å². The van der Waals surface area contributed by atoms with Gasteiger partial charge in [-0.15, -0.1) is 0 Å². The number of aliphatic carboxylic acids is 2. The van der Waals surface area contributed by atoms with Crippen LogP contribution in [0.5, 0.6) is 0 Å². The molecule has 9 nitrogen and oxygen atoms in total. The number of amides is 2. The summed E-state index contributed by atoms with van der Waals surface area (Å²) in [7, 11) is 0. The standard InChI is InChI=1S/C22H26F3N3O4.C2HF3O2/c23-22(24,25)14-5-3-12(4-6-14)19(29)28-15-7-8-16(28)11-13(10-15)18(26)20(30)27-9-1-2-17(27)21(31)32;3-2(4,5)1(6)7/h3-6,13,15-18H,1-2,7-11,26H2,(H,31,32);(H,6,7)/t13?,15?,16?,17-,18-;/m0./s1. The summed E-state index contributed by atoms with van der Waals surface area (Å²) in [5.74, 6) is -4.63. The third-order valence-electron chi connectivity index (χ3n) is 7.32. The van der Waals surface area contributed by atoms with Crippen LogP contribution in [0.15, 0.2) is 24.3 Å². The lowest BCUT2D eigenvalue weighted by Gasteiger charge is -2.41. The maximum Gasteiger partial charge on any atom is 0.490 e. The highest BCUT2D eigenvalue weighted by Gasteiger charge is 2.47. The Hall–Kier alpha value is -3.36. The van der Waals surface area contributed by atoms with Gasteiger partial charge in [0.25, 0.3) is 5.91 Å². The minimum Gasteiger partial charge on any atom is -0.480 e. The van der Waals surface area contributed by atoms with Crippen molar-refractivity contribution in [3.63, 3.8) is 0 Å². The molecule has 0 spiro atoms. The molecule has 2 bridgehead atoms. The van der Waals surface area contributed by atoms with Crippen molar-refractivity contribution in [3.8, 4) is 0 Å². The molecule has 3 aliphatic heterocycles. The minimum atomic E-state index is -5.08. The number of nitrogens with two attached hydrogens (primary N) is 1. The Balaban J connectivity index is 0.000000532. The number of rotatable bonds is 4. The molecule has 39 heavy (non-hydrogen) atoms.